The van der Waals surface area contributed by atoms with Gasteiger partial charge in [-0.3, -0.25) is 0 Å². The van der Waals surface area contributed by atoms with Crippen LogP contribution in [0.4, 0.5) is 0 Å². The molecule has 0 aromatic rings. The van der Waals surface area contributed by atoms with Gasteiger partial charge in [-0.25, -0.2) is 4.79 Å². The molecule has 72 valence electrons. The van der Waals surface area contributed by atoms with Crippen LogP contribution >= 0.6 is 0 Å². The average molecular weight is 192 g/mol. The molecule has 0 saturated carbocycles. The molecule has 0 aromatic carbocycles. The minimum absolute atomic E-state index is 0.200. The number of esters is 1. The SMILES string of the molecule is CCOC(=O)c1nnc2ccocc1-2. The quantitative estimate of drug-likeness (QED) is 0.672. The predicted molar refractivity (Wildman–Crippen MR) is 46.9 cm³/mol. The Morgan fingerprint density at radius 1 is 1.57 bits per heavy atom. The van der Waals surface area contributed by atoms with Crippen LogP contribution in [0.15, 0.2) is 23.0 Å². The van der Waals surface area contributed by atoms with E-state index in [4.69, 9.17) is 9.15 Å². The van der Waals surface area contributed by atoms with E-state index in [9.17, 15) is 4.79 Å². The summed E-state index contributed by atoms with van der Waals surface area (Å²) >= 11 is 0. The summed E-state index contributed by atoms with van der Waals surface area (Å²) in [5.74, 6) is -0.476. The lowest BCUT2D eigenvalue weighted by Crippen LogP contribution is -2.05. The van der Waals surface area contributed by atoms with Gasteiger partial charge in [0.05, 0.1) is 18.4 Å². The van der Waals surface area contributed by atoms with Crippen LogP contribution in [-0.2, 0) is 4.74 Å². The summed E-state index contributed by atoms with van der Waals surface area (Å²) in [6, 6.07) is 1.64. The number of hydrogen-bond donors (Lipinski definition) is 0. The topological polar surface area (TPSA) is 65.2 Å². The molecule has 5 nitrogen and oxygen atoms in total. The summed E-state index contributed by atoms with van der Waals surface area (Å²) in [6.45, 7) is 2.05. The van der Waals surface area contributed by atoms with Crippen molar-refractivity contribution in [3.05, 3.63) is 24.3 Å². The molecule has 0 aromatic heterocycles. The highest BCUT2D eigenvalue weighted by atomic mass is 16.5. The average Bonchev–Trinajstić information content (AvgIpc) is 2.61. The normalized spacial score (nSPS) is 10.4. The molecule has 0 N–H and O–H groups in total. The third-order valence-electron chi connectivity index (χ3n) is 1.75. The molecule has 5 heteroatoms. The first-order valence-corrected chi connectivity index (χ1v) is 4.18. The van der Waals surface area contributed by atoms with Crippen LogP contribution in [0.5, 0.6) is 0 Å². The Morgan fingerprint density at radius 2 is 2.43 bits per heavy atom. The summed E-state index contributed by atoms with van der Waals surface area (Å²) in [7, 11) is 0. The first-order valence-electron chi connectivity index (χ1n) is 4.18. The molecule has 14 heavy (non-hydrogen) atoms. The first-order chi connectivity index (χ1) is 6.83. The third kappa shape index (κ3) is 1.32. The second kappa shape index (κ2) is 3.45. The molecule has 2 aliphatic rings. The Kier molecular flexibility index (Phi) is 2.14. The van der Waals surface area contributed by atoms with E-state index in [1.165, 1.54) is 12.5 Å². The number of carbonyl (C=O) groups excluding carboxylic acids is 1. The molecular weight excluding hydrogens is 184 g/mol. The van der Waals surface area contributed by atoms with Gasteiger partial charge in [0.15, 0.2) is 5.69 Å². The molecule has 0 radical (unpaired) electrons. The van der Waals surface area contributed by atoms with Gasteiger partial charge in [-0.1, -0.05) is 0 Å². The third-order valence-corrected chi connectivity index (χ3v) is 1.75. The predicted octanol–water partition coefficient (Wildman–Crippen LogP) is 1.35. The maximum absolute atomic E-state index is 11.4. The molecule has 0 atom stereocenters. The number of rotatable bonds is 2. The highest BCUT2D eigenvalue weighted by Crippen LogP contribution is 2.22. The van der Waals surface area contributed by atoms with E-state index in [2.05, 4.69) is 10.2 Å². The van der Waals surface area contributed by atoms with Gasteiger partial charge >= 0.3 is 5.97 Å². The zero-order valence-electron chi connectivity index (χ0n) is 7.56. The molecule has 2 rings (SSSR count). The van der Waals surface area contributed by atoms with Crippen molar-refractivity contribution >= 4 is 5.97 Å². The maximum Gasteiger partial charge on any atom is 0.359 e. The van der Waals surface area contributed by atoms with Crippen molar-refractivity contribution in [2.24, 2.45) is 0 Å². The van der Waals surface area contributed by atoms with Gasteiger partial charge in [0.25, 0.3) is 0 Å². The summed E-state index contributed by atoms with van der Waals surface area (Å²) in [4.78, 5) is 11.4. The number of ether oxygens (including phenoxy) is 1. The van der Waals surface area contributed by atoms with Crippen LogP contribution in [0.3, 0.4) is 0 Å². The van der Waals surface area contributed by atoms with Crippen LogP contribution in [-0.4, -0.2) is 22.8 Å². The van der Waals surface area contributed by atoms with Crippen molar-refractivity contribution < 1.29 is 13.9 Å². The van der Waals surface area contributed by atoms with Gasteiger partial charge in [-0.2, -0.15) is 0 Å². The molecule has 0 aliphatic carbocycles. The van der Waals surface area contributed by atoms with Crippen molar-refractivity contribution in [2.45, 2.75) is 6.92 Å². The Bertz CT molecular complexity index is 424. The smallest absolute Gasteiger partial charge is 0.359 e. The van der Waals surface area contributed by atoms with Crippen LogP contribution in [0.1, 0.15) is 17.4 Å². The molecule has 0 unspecified atom stereocenters. The first kappa shape index (κ1) is 8.68. The lowest BCUT2D eigenvalue weighted by Gasteiger charge is -1.98. The fourth-order valence-corrected chi connectivity index (χ4v) is 1.13. The second-order valence-electron chi connectivity index (χ2n) is 2.62. The summed E-state index contributed by atoms with van der Waals surface area (Å²) < 4.78 is 9.74. The molecule has 0 fully saturated rings. The van der Waals surface area contributed by atoms with Crippen LogP contribution in [0, 0.1) is 0 Å². The minimum atomic E-state index is -0.476. The Balaban J connectivity index is 2.40. The summed E-state index contributed by atoms with van der Waals surface area (Å²) in [5.41, 5.74) is 1.40. The highest BCUT2D eigenvalue weighted by Gasteiger charge is 2.20. The molecule has 2 aliphatic heterocycles. The van der Waals surface area contributed by atoms with Crippen molar-refractivity contribution in [1.29, 1.82) is 0 Å². The zero-order valence-corrected chi connectivity index (χ0v) is 7.56. The second-order valence-corrected chi connectivity index (χ2v) is 2.62. The Labute approximate surface area is 80.0 Å². The van der Waals surface area contributed by atoms with Crippen molar-refractivity contribution in [1.82, 2.24) is 10.2 Å². The van der Waals surface area contributed by atoms with Gasteiger partial charge in [-0.05, 0) is 6.92 Å². The minimum Gasteiger partial charge on any atom is -0.472 e. The van der Waals surface area contributed by atoms with Gasteiger partial charge in [-0.15, -0.1) is 10.2 Å². The lowest BCUT2D eigenvalue weighted by atomic mass is 10.2. The fourth-order valence-electron chi connectivity index (χ4n) is 1.13. The fraction of sp³-hybridized carbons (Fsp3) is 0.222. The van der Waals surface area contributed by atoms with E-state index in [0.717, 1.165) is 0 Å². The monoisotopic (exact) mass is 192 g/mol. The molecule has 0 amide bonds. The van der Waals surface area contributed by atoms with Crippen molar-refractivity contribution in [3.8, 4) is 11.3 Å². The molecule has 0 spiro atoms. The van der Waals surface area contributed by atoms with Crippen LogP contribution < -0.4 is 0 Å². The number of carbonyl (C=O) groups is 1. The maximum atomic E-state index is 11.4. The molecule has 0 bridgehead atoms. The lowest BCUT2D eigenvalue weighted by molar-refractivity contribution is 0.0520. The van der Waals surface area contributed by atoms with Crippen molar-refractivity contribution in [2.75, 3.05) is 6.61 Å². The number of nitrogens with zero attached hydrogens (tertiary/aromatic N) is 2. The van der Waals surface area contributed by atoms with Gasteiger partial charge in [0.2, 0.25) is 0 Å². The van der Waals surface area contributed by atoms with Gasteiger partial charge in [0, 0.05) is 6.07 Å². The van der Waals surface area contributed by atoms with Gasteiger partial charge in [0.1, 0.15) is 12.0 Å². The zero-order chi connectivity index (χ0) is 9.97. The molecule has 0 saturated heterocycles. The van der Waals surface area contributed by atoms with E-state index in [1.54, 1.807) is 13.0 Å². The largest absolute Gasteiger partial charge is 0.472 e. The standard InChI is InChI=1S/C9H8N2O3/c1-2-14-9(12)8-6-5-13-4-3-7(6)10-11-8/h3-5H,2H2,1H3. The number of aromatic nitrogens is 2. The van der Waals surface area contributed by atoms with E-state index in [1.807, 2.05) is 0 Å². The summed E-state index contributed by atoms with van der Waals surface area (Å²) in [6.07, 6.45) is 2.91. The van der Waals surface area contributed by atoms with Crippen LogP contribution in [0.25, 0.3) is 11.3 Å². The number of fused-ring (bicyclic) bond motifs is 1. The Morgan fingerprint density at radius 3 is 3.21 bits per heavy atom. The van der Waals surface area contributed by atoms with E-state index in [-0.39, 0.29) is 5.69 Å². The van der Waals surface area contributed by atoms with Gasteiger partial charge < -0.3 is 9.15 Å². The van der Waals surface area contributed by atoms with E-state index >= 15 is 0 Å². The van der Waals surface area contributed by atoms with E-state index < -0.39 is 5.97 Å². The van der Waals surface area contributed by atoms with Crippen LogP contribution in [0.2, 0.25) is 0 Å². The van der Waals surface area contributed by atoms with Crippen molar-refractivity contribution in [3.63, 3.8) is 0 Å². The molecule has 2 heterocycles. The van der Waals surface area contributed by atoms with E-state index in [0.29, 0.717) is 17.9 Å². The summed E-state index contributed by atoms with van der Waals surface area (Å²) in [5, 5.41) is 7.54. The molecular formula is C9H8N2O3. The highest BCUT2D eigenvalue weighted by molar-refractivity contribution is 5.94. The number of hydrogen-bond acceptors (Lipinski definition) is 5. The Hall–Kier alpha value is -1.91.